The van der Waals surface area contributed by atoms with Gasteiger partial charge in [-0.15, -0.1) is 5.06 Å². The number of carbonyl (C=O) groups excluding carboxylic acids is 3. The van der Waals surface area contributed by atoms with Gasteiger partial charge in [-0.3, -0.25) is 23.7 Å². The number of carbonyl (C=O) groups is 3. The van der Waals surface area contributed by atoms with Crippen LogP contribution in [0.4, 0.5) is 11.4 Å². The molecule has 2 aromatic carbocycles. The third-order valence-corrected chi connectivity index (χ3v) is 10.7. The Morgan fingerprint density at radius 3 is 2.10 bits per heavy atom. The predicted octanol–water partition coefficient (Wildman–Crippen LogP) is 4.95. The molecular weight excluding hydrogens is 663 g/mol. The molecule has 2 N–H and O–H groups in total. The molecule has 13 nitrogen and oxygen atoms in total. The normalized spacial score (nSPS) is 19.3. The number of hydrogen-bond acceptors (Lipinski definition) is 10. The number of hydrogen-bond donors (Lipinski definition) is 2. The number of nitrogens with zero attached hydrogens (tertiary/aromatic N) is 3. The van der Waals surface area contributed by atoms with Crippen LogP contribution < -0.4 is 4.90 Å². The molecule has 48 heavy (non-hydrogen) atoms. The quantitative estimate of drug-likeness (QED) is 0.184. The molecule has 1 fully saturated rings. The van der Waals surface area contributed by atoms with Crippen LogP contribution in [0.1, 0.15) is 77.3 Å². The number of rotatable bonds is 11. The minimum atomic E-state index is -4.45. The molecule has 0 spiro atoms. The van der Waals surface area contributed by atoms with Gasteiger partial charge in [0, 0.05) is 48.0 Å². The monoisotopic (exact) mass is 699 g/mol. The van der Waals surface area contributed by atoms with E-state index in [0.29, 0.717) is 53.4 Å². The molecule has 3 aliphatic heterocycles. The largest absolute Gasteiger partial charge is 0.344 e. The Morgan fingerprint density at radius 1 is 0.875 bits per heavy atom. The zero-order chi connectivity index (χ0) is 35.2. The van der Waals surface area contributed by atoms with Gasteiger partial charge in [-0.05, 0) is 72.5 Å². The van der Waals surface area contributed by atoms with Crippen molar-refractivity contribution in [3.05, 3.63) is 71.5 Å². The van der Waals surface area contributed by atoms with Crippen molar-refractivity contribution in [2.75, 3.05) is 11.4 Å². The summed E-state index contributed by atoms with van der Waals surface area (Å²) in [4.78, 5) is 46.9. The van der Waals surface area contributed by atoms with E-state index < -0.39 is 48.8 Å². The molecule has 0 unspecified atom stereocenters. The summed E-state index contributed by atoms with van der Waals surface area (Å²) in [5.41, 5.74) is 2.87. The average Bonchev–Trinajstić information content (AvgIpc) is 3.52. The summed E-state index contributed by atoms with van der Waals surface area (Å²) >= 11 is 0. The van der Waals surface area contributed by atoms with Gasteiger partial charge in [0.1, 0.15) is 0 Å². The van der Waals surface area contributed by atoms with Crippen molar-refractivity contribution in [3.8, 4) is 0 Å². The molecule has 0 aliphatic carbocycles. The molecule has 2 amide bonds. The summed E-state index contributed by atoms with van der Waals surface area (Å²) < 4.78 is 66.7. The van der Waals surface area contributed by atoms with Crippen molar-refractivity contribution < 1.29 is 45.2 Å². The smallest absolute Gasteiger partial charge is 0.333 e. The first-order valence-corrected chi connectivity index (χ1v) is 18.3. The topological polar surface area (TPSA) is 188 Å². The molecule has 0 bridgehead atoms. The highest BCUT2D eigenvalue weighted by Gasteiger charge is 2.41. The van der Waals surface area contributed by atoms with Crippen LogP contribution >= 0.6 is 0 Å². The summed E-state index contributed by atoms with van der Waals surface area (Å²) in [7, 11) is -8.84. The molecule has 2 aromatic rings. The molecule has 0 aromatic heterocycles. The van der Waals surface area contributed by atoms with Crippen molar-refractivity contribution in [2.24, 2.45) is 4.99 Å². The van der Waals surface area contributed by atoms with Crippen molar-refractivity contribution in [3.63, 3.8) is 0 Å². The molecular formula is C33H37N3O10S2. The van der Waals surface area contributed by atoms with Crippen LogP contribution in [0.15, 0.2) is 75.1 Å². The predicted molar refractivity (Wildman–Crippen MR) is 176 cm³/mol. The Kier molecular flexibility index (Phi) is 9.29. The maximum absolute atomic E-state index is 12.2. The molecule has 1 saturated heterocycles. The lowest BCUT2D eigenvalue weighted by molar-refractivity contribution is -0.197. The number of aliphatic imine (C=N–C) groups is 1. The number of anilines is 1. The highest BCUT2D eigenvalue weighted by Crippen LogP contribution is 2.49. The number of unbranched alkanes of at least 4 members (excludes halogenated alkanes) is 2. The second kappa shape index (κ2) is 12.7. The number of fused-ring (bicyclic) bond motifs is 2. The van der Waals surface area contributed by atoms with Gasteiger partial charge in [0.2, 0.25) is 0 Å². The van der Waals surface area contributed by atoms with Crippen LogP contribution in [0.3, 0.4) is 0 Å². The number of amides is 2. The van der Waals surface area contributed by atoms with Gasteiger partial charge in [-0.2, -0.15) is 16.8 Å². The lowest BCUT2D eigenvalue weighted by Gasteiger charge is -2.27. The first-order valence-electron chi connectivity index (χ1n) is 15.4. The molecule has 0 radical (unpaired) electrons. The van der Waals surface area contributed by atoms with E-state index in [4.69, 9.17) is 4.84 Å². The van der Waals surface area contributed by atoms with E-state index in [9.17, 15) is 40.3 Å². The van der Waals surface area contributed by atoms with E-state index in [-0.39, 0.29) is 29.1 Å². The number of benzene rings is 2. The second-order valence-electron chi connectivity index (χ2n) is 13.0. The molecule has 0 atom stereocenters. The molecule has 3 heterocycles. The van der Waals surface area contributed by atoms with Gasteiger partial charge >= 0.3 is 5.97 Å². The zero-order valence-electron chi connectivity index (χ0n) is 27.0. The van der Waals surface area contributed by atoms with Crippen molar-refractivity contribution in [1.29, 1.82) is 0 Å². The molecule has 5 rings (SSSR count). The van der Waals surface area contributed by atoms with Crippen LogP contribution in [0.25, 0.3) is 0 Å². The van der Waals surface area contributed by atoms with Crippen LogP contribution in [-0.2, 0) is 50.3 Å². The fraction of sp³-hybridized carbons (Fsp3) is 0.394. The van der Waals surface area contributed by atoms with E-state index in [0.717, 1.165) is 11.4 Å². The van der Waals surface area contributed by atoms with Crippen LogP contribution in [0.5, 0.6) is 0 Å². The minimum Gasteiger partial charge on any atom is -0.344 e. The third-order valence-electron chi connectivity index (χ3n) is 8.95. The second-order valence-corrected chi connectivity index (χ2v) is 15.8. The van der Waals surface area contributed by atoms with Gasteiger partial charge < -0.3 is 9.74 Å². The van der Waals surface area contributed by atoms with E-state index in [1.165, 1.54) is 24.3 Å². The summed E-state index contributed by atoms with van der Waals surface area (Å²) in [6, 6.07) is 8.74. The molecule has 15 heteroatoms. The van der Waals surface area contributed by atoms with E-state index in [2.05, 4.69) is 9.89 Å². The van der Waals surface area contributed by atoms with Gasteiger partial charge in [-0.25, -0.2) is 4.79 Å². The minimum absolute atomic E-state index is 0.0218. The Balaban J connectivity index is 1.34. The van der Waals surface area contributed by atoms with Crippen molar-refractivity contribution in [2.45, 2.75) is 86.8 Å². The summed E-state index contributed by atoms with van der Waals surface area (Å²) in [5, 5.41) is 0.532. The maximum Gasteiger partial charge on any atom is 0.333 e. The van der Waals surface area contributed by atoms with Gasteiger partial charge in [-0.1, -0.05) is 40.2 Å². The van der Waals surface area contributed by atoms with Gasteiger partial charge in [0.15, 0.2) is 0 Å². The highest BCUT2D eigenvalue weighted by molar-refractivity contribution is 7.86. The Hall–Kier alpha value is -4.18. The fourth-order valence-corrected chi connectivity index (χ4v) is 7.25. The maximum atomic E-state index is 12.2. The van der Waals surface area contributed by atoms with Crippen molar-refractivity contribution >= 4 is 55.1 Å². The highest BCUT2D eigenvalue weighted by atomic mass is 32.2. The van der Waals surface area contributed by atoms with Crippen molar-refractivity contribution in [1.82, 2.24) is 5.06 Å². The molecule has 256 valence electrons. The number of allylic oxidation sites excluding steroid dienone is 4. The zero-order valence-corrected chi connectivity index (χ0v) is 28.6. The number of imide groups is 1. The van der Waals surface area contributed by atoms with E-state index in [1.54, 1.807) is 12.1 Å². The lowest BCUT2D eigenvalue weighted by atomic mass is 9.81. The summed E-state index contributed by atoms with van der Waals surface area (Å²) in [5.74, 6) is -1.73. The first-order chi connectivity index (χ1) is 22.3. The van der Waals surface area contributed by atoms with Crippen LogP contribution in [-0.4, -0.2) is 61.0 Å². The lowest BCUT2D eigenvalue weighted by Crippen LogP contribution is -2.32. The molecule has 3 aliphatic rings. The molecule has 0 saturated carbocycles. The van der Waals surface area contributed by atoms with E-state index >= 15 is 0 Å². The summed E-state index contributed by atoms with van der Waals surface area (Å²) in [6.45, 7) is 8.20. The standard InChI is InChI=1S/C33H37N3O10S2/c1-32(2)23-19-21(47(40,41)42)12-14-25(23)34-27(32)9-8-10-28-33(3,4)24-20-22(48(43,44)45)13-15-26(24)35(28)18-7-5-6-11-31(39)46-36-29(37)16-17-30(36)38/h8-10,12-15,19-20H,5-7,11,16-18H2,1-4H3,(H,40,41,42)(H,43,44,45). The number of hydroxylamine groups is 2. The third kappa shape index (κ3) is 6.86. The SMILES string of the molecule is CC1(C)C(C=CC=C2N(CCCCCC(=O)ON3C(=O)CCC3=O)c3ccc(S(=O)(=O)O)cc3C2(C)C)=Nc2ccc(S(=O)(=O)O)cc21. The van der Waals surface area contributed by atoms with Crippen LogP contribution in [0.2, 0.25) is 0 Å². The van der Waals surface area contributed by atoms with Gasteiger partial charge in [0.25, 0.3) is 32.1 Å². The first kappa shape index (κ1) is 35.1. The Bertz CT molecular complexity index is 2000. The fourth-order valence-electron chi connectivity index (χ4n) is 6.23. The Labute approximate surface area is 279 Å². The average molecular weight is 700 g/mol. The van der Waals surface area contributed by atoms with Crippen LogP contribution in [0, 0.1) is 0 Å². The van der Waals surface area contributed by atoms with E-state index in [1.807, 2.05) is 45.9 Å². The Morgan fingerprint density at radius 2 is 1.48 bits per heavy atom. The van der Waals surface area contributed by atoms with Gasteiger partial charge in [0.05, 0.1) is 21.2 Å². The summed E-state index contributed by atoms with van der Waals surface area (Å²) in [6.07, 6.45) is 7.32.